The maximum absolute atomic E-state index is 11.0. The summed E-state index contributed by atoms with van der Waals surface area (Å²) in [6.07, 6.45) is 1.62. The van der Waals surface area contributed by atoms with E-state index >= 15 is 0 Å². The molecule has 0 saturated carbocycles. The predicted octanol–water partition coefficient (Wildman–Crippen LogP) is 1.66. The van der Waals surface area contributed by atoms with Crippen molar-refractivity contribution in [3.8, 4) is 0 Å². The van der Waals surface area contributed by atoms with E-state index in [0.29, 0.717) is 12.4 Å². The number of aromatic nitrogens is 2. The highest BCUT2D eigenvalue weighted by Crippen LogP contribution is 2.19. The summed E-state index contributed by atoms with van der Waals surface area (Å²) < 4.78 is 15.0. The van der Waals surface area contributed by atoms with Crippen molar-refractivity contribution in [3.63, 3.8) is 0 Å². The lowest BCUT2D eigenvalue weighted by Crippen LogP contribution is -2.07. The molecule has 0 fully saturated rings. The second-order valence-corrected chi connectivity index (χ2v) is 3.53. The molecule has 0 saturated heterocycles. The van der Waals surface area contributed by atoms with Crippen LogP contribution >= 0.6 is 0 Å². The van der Waals surface area contributed by atoms with Crippen LogP contribution in [0.15, 0.2) is 4.52 Å². The molecular formula is C11H18N2O4. The molecule has 0 amide bonds. The fourth-order valence-corrected chi connectivity index (χ4v) is 1.42. The molecule has 1 unspecified atom stereocenters. The first-order valence-corrected chi connectivity index (χ1v) is 5.72. The molecule has 1 rings (SSSR count). The molecule has 1 aromatic heterocycles. The van der Waals surface area contributed by atoms with E-state index in [1.165, 1.54) is 7.11 Å². The van der Waals surface area contributed by atoms with E-state index < -0.39 is 5.97 Å². The van der Waals surface area contributed by atoms with E-state index in [9.17, 15) is 4.79 Å². The van der Waals surface area contributed by atoms with Gasteiger partial charge in [0.15, 0.2) is 0 Å². The number of hydrogen-bond acceptors (Lipinski definition) is 6. The highest BCUT2D eigenvalue weighted by atomic mass is 16.5. The Hall–Kier alpha value is -1.43. The minimum absolute atomic E-state index is 0.00549. The van der Waals surface area contributed by atoms with E-state index in [-0.39, 0.29) is 18.4 Å². The van der Waals surface area contributed by atoms with Gasteiger partial charge in [-0.25, -0.2) is 0 Å². The summed E-state index contributed by atoms with van der Waals surface area (Å²) in [7, 11) is 1.32. The number of carbonyl (C=O) groups is 1. The Morgan fingerprint density at radius 2 is 2.24 bits per heavy atom. The Morgan fingerprint density at radius 3 is 2.82 bits per heavy atom. The van der Waals surface area contributed by atoms with E-state index in [4.69, 9.17) is 9.26 Å². The lowest BCUT2D eigenvalue weighted by atomic mass is 10.2. The molecule has 1 aromatic rings. The topological polar surface area (TPSA) is 74.5 Å². The Bertz CT molecular complexity index is 345. The summed E-state index contributed by atoms with van der Waals surface area (Å²) in [6.45, 7) is 4.56. The average Bonchev–Trinajstić information content (AvgIpc) is 2.77. The lowest BCUT2D eigenvalue weighted by Gasteiger charge is -2.10. The Morgan fingerprint density at radius 1 is 1.47 bits per heavy atom. The summed E-state index contributed by atoms with van der Waals surface area (Å²) in [5.41, 5.74) is 0. The zero-order valence-corrected chi connectivity index (χ0v) is 10.4. The fraction of sp³-hybridized carbons (Fsp3) is 0.727. The summed E-state index contributed by atoms with van der Waals surface area (Å²) in [5.74, 6) is 0.351. The van der Waals surface area contributed by atoms with Crippen molar-refractivity contribution in [3.05, 3.63) is 11.7 Å². The van der Waals surface area contributed by atoms with E-state index in [0.717, 1.165) is 12.8 Å². The highest BCUT2D eigenvalue weighted by Gasteiger charge is 2.19. The summed E-state index contributed by atoms with van der Waals surface area (Å²) >= 11 is 0. The quantitative estimate of drug-likeness (QED) is 0.677. The molecular weight excluding hydrogens is 224 g/mol. The molecule has 0 aliphatic heterocycles. The zero-order chi connectivity index (χ0) is 12.7. The molecule has 17 heavy (non-hydrogen) atoms. The fourth-order valence-electron chi connectivity index (χ4n) is 1.42. The molecule has 6 heteroatoms. The van der Waals surface area contributed by atoms with E-state index in [1.54, 1.807) is 0 Å². The van der Waals surface area contributed by atoms with Gasteiger partial charge in [0.1, 0.15) is 12.5 Å². The third-order valence-corrected chi connectivity index (χ3v) is 2.21. The van der Waals surface area contributed by atoms with Gasteiger partial charge in [-0.1, -0.05) is 18.5 Å². The van der Waals surface area contributed by atoms with Crippen LogP contribution in [0.2, 0.25) is 0 Å². The SMILES string of the molecule is CCCC(OCC)c1noc(CC(=O)OC)n1. The van der Waals surface area contributed by atoms with Crippen LogP contribution in [-0.2, 0) is 20.7 Å². The normalized spacial score (nSPS) is 12.4. The Balaban J connectivity index is 2.66. The number of nitrogens with zero attached hydrogens (tertiary/aromatic N) is 2. The van der Waals surface area contributed by atoms with Crippen molar-refractivity contribution in [2.45, 2.75) is 39.2 Å². The van der Waals surface area contributed by atoms with Gasteiger partial charge in [-0.3, -0.25) is 4.79 Å². The maximum Gasteiger partial charge on any atom is 0.315 e. The van der Waals surface area contributed by atoms with Crippen LogP contribution in [0.3, 0.4) is 0 Å². The van der Waals surface area contributed by atoms with Crippen molar-refractivity contribution in [2.24, 2.45) is 0 Å². The number of hydrogen-bond donors (Lipinski definition) is 0. The first-order valence-electron chi connectivity index (χ1n) is 5.72. The third kappa shape index (κ3) is 4.14. The van der Waals surface area contributed by atoms with Crippen molar-refractivity contribution in [2.75, 3.05) is 13.7 Å². The molecule has 0 radical (unpaired) electrons. The predicted molar refractivity (Wildman–Crippen MR) is 59.3 cm³/mol. The third-order valence-electron chi connectivity index (χ3n) is 2.21. The van der Waals surface area contributed by atoms with Gasteiger partial charge in [-0.2, -0.15) is 4.98 Å². The molecule has 1 heterocycles. The van der Waals surface area contributed by atoms with E-state index in [1.807, 2.05) is 6.92 Å². The van der Waals surface area contributed by atoms with Crippen LogP contribution in [0, 0.1) is 0 Å². The minimum atomic E-state index is -0.399. The highest BCUT2D eigenvalue weighted by molar-refractivity contribution is 5.70. The first kappa shape index (κ1) is 13.6. The van der Waals surface area contributed by atoms with Crippen LogP contribution in [0.25, 0.3) is 0 Å². The molecule has 0 N–H and O–H groups in total. The number of esters is 1. The van der Waals surface area contributed by atoms with Crippen LogP contribution in [0.5, 0.6) is 0 Å². The Kier molecular flexibility index (Phi) is 5.62. The van der Waals surface area contributed by atoms with Gasteiger partial charge in [0.05, 0.1) is 7.11 Å². The van der Waals surface area contributed by atoms with Gasteiger partial charge in [-0.15, -0.1) is 0 Å². The summed E-state index contributed by atoms with van der Waals surface area (Å²) in [6, 6.07) is 0. The maximum atomic E-state index is 11.0. The van der Waals surface area contributed by atoms with Crippen molar-refractivity contribution in [1.82, 2.24) is 10.1 Å². The van der Waals surface area contributed by atoms with Crippen LogP contribution < -0.4 is 0 Å². The second-order valence-electron chi connectivity index (χ2n) is 3.53. The Labute approximate surface area is 100 Å². The van der Waals surface area contributed by atoms with Crippen molar-refractivity contribution in [1.29, 1.82) is 0 Å². The van der Waals surface area contributed by atoms with Crippen LogP contribution in [-0.4, -0.2) is 29.8 Å². The van der Waals surface area contributed by atoms with Gasteiger partial charge in [0.25, 0.3) is 0 Å². The number of methoxy groups -OCH3 is 1. The van der Waals surface area contributed by atoms with Gasteiger partial charge in [0, 0.05) is 6.61 Å². The number of carbonyl (C=O) groups excluding carboxylic acids is 1. The molecule has 0 aromatic carbocycles. The van der Waals surface area contributed by atoms with E-state index in [2.05, 4.69) is 21.8 Å². The first-order chi connectivity index (χ1) is 8.21. The number of rotatable bonds is 7. The molecule has 0 aliphatic carbocycles. The summed E-state index contributed by atoms with van der Waals surface area (Å²) in [5, 5.41) is 3.82. The lowest BCUT2D eigenvalue weighted by molar-refractivity contribution is -0.140. The van der Waals surface area contributed by atoms with Crippen LogP contribution in [0.4, 0.5) is 0 Å². The van der Waals surface area contributed by atoms with Gasteiger partial charge >= 0.3 is 5.97 Å². The van der Waals surface area contributed by atoms with Gasteiger partial charge in [0.2, 0.25) is 11.7 Å². The monoisotopic (exact) mass is 242 g/mol. The zero-order valence-electron chi connectivity index (χ0n) is 10.4. The standard InChI is InChI=1S/C11H18N2O4/c1-4-6-8(16-5-2)11-12-9(17-13-11)7-10(14)15-3/h8H,4-7H2,1-3H3. The van der Waals surface area contributed by atoms with Crippen LogP contribution in [0.1, 0.15) is 44.5 Å². The molecule has 6 nitrogen and oxygen atoms in total. The smallest absolute Gasteiger partial charge is 0.315 e. The van der Waals surface area contributed by atoms with Crippen molar-refractivity contribution < 1.29 is 18.8 Å². The van der Waals surface area contributed by atoms with Gasteiger partial charge < -0.3 is 14.0 Å². The second kappa shape index (κ2) is 7.01. The number of ether oxygens (including phenoxy) is 2. The minimum Gasteiger partial charge on any atom is -0.469 e. The average molecular weight is 242 g/mol. The largest absolute Gasteiger partial charge is 0.469 e. The molecule has 0 bridgehead atoms. The van der Waals surface area contributed by atoms with Gasteiger partial charge in [-0.05, 0) is 13.3 Å². The van der Waals surface area contributed by atoms with Crippen molar-refractivity contribution >= 4 is 5.97 Å². The summed E-state index contributed by atoms with van der Waals surface area (Å²) in [4.78, 5) is 15.2. The molecule has 1 atom stereocenters. The molecule has 96 valence electrons. The molecule has 0 aliphatic rings. The molecule has 0 spiro atoms.